The van der Waals surface area contributed by atoms with Crippen LogP contribution in [0.25, 0.3) is 11.0 Å². The third-order valence-electron chi connectivity index (χ3n) is 3.47. The highest BCUT2D eigenvalue weighted by atomic mass is 79.9. The van der Waals surface area contributed by atoms with Gasteiger partial charge >= 0.3 is 0 Å². The molecule has 0 unspecified atom stereocenters. The number of halogens is 1. The summed E-state index contributed by atoms with van der Waals surface area (Å²) in [6.45, 7) is 3.45. The summed E-state index contributed by atoms with van der Waals surface area (Å²) in [4.78, 5) is 2.52. The van der Waals surface area contributed by atoms with Crippen molar-refractivity contribution in [2.45, 2.75) is 25.8 Å². The number of benzene rings is 1. The molecule has 2 heterocycles. The zero-order valence-electron chi connectivity index (χ0n) is 9.79. The van der Waals surface area contributed by atoms with Gasteiger partial charge in [-0.2, -0.15) is 0 Å². The quantitative estimate of drug-likeness (QED) is 0.826. The third-order valence-corrected chi connectivity index (χ3v) is 4.13. The first kappa shape index (κ1) is 11.3. The predicted octanol–water partition coefficient (Wildman–Crippen LogP) is 4.18. The van der Waals surface area contributed by atoms with E-state index in [9.17, 15) is 0 Å². The normalized spacial score (nSPS) is 17.7. The molecule has 0 radical (unpaired) electrons. The molecule has 3 rings (SSSR count). The summed E-state index contributed by atoms with van der Waals surface area (Å²) in [5.74, 6) is 0. The van der Waals surface area contributed by atoms with Gasteiger partial charge in [0, 0.05) is 22.0 Å². The maximum atomic E-state index is 5.61. The van der Waals surface area contributed by atoms with E-state index in [-0.39, 0.29) is 0 Å². The van der Waals surface area contributed by atoms with E-state index in [1.807, 2.05) is 18.4 Å². The standard InChI is InChI=1S/C14H16BrNO/c15-12-5-4-6-13-14(12)11(10-17-13)9-16-7-2-1-3-8-16/h4-6,10H,1-3,7-9H2. The number of nitrogens with zero attached hydrogens (tertiary/aromatic N) is 1. The minimum Gasteiger partial charge on any atom is -0.464 e. The summed E-state index contributed by atoms with van der Waals surface area (Å²) >= 11 is 3.61. The molecule has 2 aromatic rings. The molecule has 17 heavy (non-hydrogen) atoms. The fourth-order valence-electron chi connectivity index (χ4n) is 2.58. The van der Waals surface area contributed by atoms with Crippen molar-refractivity contribution in [1.29, 1.82) is 0 Å². The first-order valence-electron chi connectivity index (χ1n) is 6.21. The van der Waals surface area contributed by atoms with Gasteiger partial charge in [0.2, 0.25) is 0 Å². The number of furan rings is 1. The molecule has 0 atom stereocenters. The fourth-order valence-corrected chi connectivity index (χ4v) is 3.19. The Morgan fingerprint density at radius 2 is 2.00 bits per heavy atom. The number of hydrogen-bond donors (Lipinski definition) is 0. The zero-order chi connectivity index (χ0) is 11.7. The van der Waals surface area contributed by atoms with E-state index in [0.29, 0.717) is 0 Å². The first-order chi connectivity index (χ1) is 8.34. The van der Waals surface area contributed by atoms with Crippen LogP contribution in [0.1, 0.15) is 24.8 Å². The molecule has 0 bridgehead atoms. The molecule has 3 heteroatoms. The molecule has 1 aliphatic heterocycles. The molecule has 1 aromatic heterocycles. The smallest absolute Gasteiger partial charge is 0.135 e. The van der Waals surface area contributed by atoms with Gasteiger partial charge in [0.25, 0.3) is 0 Å². The Morgan fingerprint density at radius 3 is 2.82 bits per heavy atom. The van der Waals surface area contributed by atoms with Crippen LogP contribution in [0.4, 0.5) is 0 Å². The average Bonchev–Trinajstić information content (AvgIpc) is 2.75. The highest BCUT2D eigenvalue weighted by molar-refractivity contribution is 9.10. The van der Waals surface area contributed by atoms with Crippen LogP contribution in [-0.4, -0.2) is 18.0 Å². The van der Waals surface area contributed by atoms with Crippen LogP contribution in [-0.2, 0) is 6.54 Å². The van der Waals surface area contributed by atoms with Gasteiger partial charge in [0.05, 0.1) is 6.26 Å². The molecule has 1 fully saturated rings. The molecular weight excluding hydrogens is 278 g/mol. The van der Waals surface area contributed by atoms with Gasteiger partial charge in [-0.3, -0.25) is 4.90 Å². The van der Waals surface area contributed by atoms with Crippen molar-refractivity contribution < 1.29 is 4.42 Å². The Hall–Kier alpha value is -0.800. The van der Waals surface area contributed by atoms with Gasteiger partial charge in [-0.1, -0.05) is 28.4 Å². The van der Waals surface area contributed by atoms with Crippen LogP contribution in [0, 0.1) is 0 Å². The number of fused-ring (bicyclic) bond motifs is 1. The maximum Gasteiger partial charge on any atom is 0.135 e. The van der Waals surface area contributed by atoms with Crippen molar-refractivity contribution in [3.05, 3.63) is 34.5 Å². The lowest BCUT2D eigenvalue weighted by Crippen LogP contribution is -2.28. The van der Waals surface area contributed by atoms with Gasteiger partial charge in [0.1, 0.15) is 5.58 Å². The van der Waals surface area contributed by atoms with E-state index in [1.165, 1.54) is 43.3 Å². The van der Waals surface area contributed by atoms with Crippen LogP contribution < -0.4 is 0 Å². The third kappa shape index (κ3) is 2.26. The zero-order valence-corrected chi connectivity index (χ0v) is 11.4. The lowest BCUT2D eigenvalue weighted by atomic mass is 10.1. The van der Waals surface area contributed by atoms with E-state index in [0.717, 1.165) is 16.6 Å². The Bertz CT molecular complexity index is 514. The Kier molecular flexibility index (Phi) is 3.21. The minimum atomic E-state index is 0.978. The van der Waals surface area contributed by atoms with Gasteiger partial charge in [-0.15, -0.1) is 0 Å². The summed E-state index contributed by atoms with van der Waals surface area (Å²) < 4.78 is 6.75. The molecule has 0 aliphatic carbocycles. The Labute approximate surface area is 110 Å². The lowest BCUT2D eigenvalue weighted by molar-refractivity contribution is 0.221. The summed E-state index contributed by atoms with van der Waals surface area (Å²) in [5.41, 5.74) is 2.28. The Morgan fingerprint density at radius 1 is 1.18 bits per heavy atom. The van der Waals surface area contributed by atoms with E-state index in [2.05, 4.69) is 26.9 Å². The van der Waals surface area contributed by atoms with Crippen LogP contribution in [0.2, 0.25) is 0 Å². The molecule has 1 aromatic carbocycles. The monoisotopic (exact) mass is 293 g/mol. The number of hydrogen-bond acceptors (Lipinski definition) is 2. The van der Waals surface area contributed by atoms with Crippen molar-refractivity contribution in [1.82, 2.24) is 4.90 Å². The highest BCUT2D eigenvalue weighted by Crippen LogP contribution is 2.30. The molecule has 0 N–H and O–H groups in total. The van der Waals surface area contributed by atoms with Crippen LogP contribution in [0.15, 0.2) is 33.4 Å². The fraction of sp³-hybridized carbons (Fsp3) is 0.429. The highest BCUT2D eigenvalue weighted by Gasteiger charge is 2.14. The molecule has 1 saturated heterocycles. The van der Waals surface area contributed by atoms with Crippen molar-refractivity contribution in [3.8, 4) is 0 Å². The second-order valence-corrected chi connectivity index (χ2v) is 5.57. The molecule has 1 aliphatic rings. The predicted molar refractivity (Wildman–Crippen MR) is 73.0 cm³/mol. The molecule has 2 nitrogen and oxygen atoms in total. The first-order valence-corrected chi connectivity index (χ1v) is 7.01. The molecular formula is C14H16BrNO. The van der Waals surface area contributed by atoms with E-state index < -0.39 is 0 Å². The number of piperidine rings is 1. The second kappa shape index (κ2) is 4.83. The molecule has 0 spiro atoms. The number of likely N-dealkylation sites (tertiary alicyclic amines) is 1. The van der Waals surface area contributed by atoms with Gasteiger partial charge in [-0.25, -0.2) is 0 Å². The molecule has 0 saturated carbocycles. The van der Waals surface area contributed by atoms with Crippen LogP contribution in [0.5, 0.6) is 0 Å². The average molecular weight is 294 g/mol. The summed E-state index contributed by atoms with van der Waals surface area (Å²) in [7, 11) is 0. The summed E-state index contributed by atoms with van der Waals surface area (Å²) in [5, 5.41) is 1.23. The van der Waals surface area contributed by atoms with Crippen molar-refractivity contribution in [2.75, 3.05) is 13.1 Å². The van der Waals surface area contributed by atoms with Gasteiger partial charge in [0.15, 0.2) is 0 Å². The van der Waals surface area contributed by atoms with Gasteiger partial charge < -0.3 is 4.42 Å². The summed E-state index contributed by atoms with van der Waals surface area (Å²) in [6.07, 6.45) is 5.95. The summed E-state index contributed by atoms with van der Waals surface area (Å²) in [6, 6.07) is 6.12. The topological polar surface area (TPSA) is 16.4 Å². The lowest BCUT2D eigenvalue weighted by Gasteiger charge is -2.25. The SMILES string of the molecule is Brc1cccc2occ(CN3CCCCC3)c12. The molecule has 90 valence electrons. The van der Waals surface area contributed by atoms with E-state index in [4.69, 9.17) is 4.42 Å². The number of rotatable bonds is 2. The van der Waals surface area contributed by atoms with E-state index >= 15 is 0 Å². The maximum absolute atomic E-state index is 5.61. The van der Waals surface area contributed by atoms with Crippen LogP contribution >= 0.6 is 15.9 Å². The second-order valence-electron chi connectivity index (χ2n) is 4.71. The van der Waals surface area contributed by atoms with Gasteiger partial charge in [-0.05, 0) is 38.1 Å². The van der Waals surface area contributed by atoms with Crippen molar-refractivity contribution in [2.24, 2.45) is 0 Å². The van der Waals surface area contributed by atoms with Crippen molar-refractivity contribution >= 4 is 26.9 Å². The van der Waals surface area contributed by atoms with E-state index in [1.54, 1.807) is 0 Å². The van der Waals surface area contributed by atoms with Crippen molar-refractivity contribution in [3.63, 3.8) is 0 Å². The molecule has 0 amide bonds. The Balaban J connectivity index is 1.89. The van der Waals surface area contributed by atoms with Crippen LogP contribution in [0.3, 0.4) is 0 Å². The minimum absolute atomic E-state index is 0.978. The largest absolute Gasteiger partial charge is 0.464 e.